The highest BCUT2D eigenvalue weighted by molar-refractivity contribution is 7.95. The van der Waals surface area contributed by atoms with E-state index in [0.29, 0.717) is 16.9 Å². The van der Waals surface area contributed by atoms with Crippen molar-refractivity contribution in [3.8, 4) is 0 Å². The molecule has 1 atom stereocenters. The van der Waals surface area contributed by atoms with Crippen molar-refractivity contribution in [1.29, 1.82) is 0 Å². The largest absolute Gasteiger partial charge is 1.00 e. The molecule has 0 saturated heterocycles. The molecule has 21 heavy (non-hydrogen) atoms. The first-order chi connectivity index (χ1) is 8.79. The number of H-pyrrole nitrogens is 1. The maximum Gasteiger partial charge on any atom is 0.155 e. The average Bonchev–Trinajstić information content (AvgIpc) is 2.70. The molecule has 120 valence electrons. The predicted molar refractivity (Wildman–Crippen MR) is 87.0 cm³/mol. The maximum atomic E-state index is 3.41. The Kier molecular flexibility index (Phi) is 8.61. The molecule has 1 aromatic heterocycles. The number of aromatic nitrogens is 1. The molecule has 5 heteroatoms. The Morgan fingerprint density at radius 3 is 2.29 bits per heavy atom. The van der Waals surface area contributed by atoms with Gasteiger partial charge in [0.2, 0.25) is 0 Å². The van der Waals surface area contributed by atoms with Crippen LogP contribution in [0.2, 0.25) is 0 Å². The first kappa shape index (κ1) is 21.5. The zero-order chi connectivity index (χ0) is 14.2. The van der Waals surface area contributed by atoms with Gasteiger partial charge in [-0.25, -0.2) is 0 Å². The molecule has 0 radical (unpaired) electrons. The Hall–Kier alpha value is 0.530. The van der Waals surface area contributed by atoms with Gasteiger partial charge >= 0.3 is 0 Å². The molecule has 0 amide bonds. The first-order valence-electron chi connectivity index (χ1n) is 6.77. The number of nitrogens with zero attached hydrogens (tertiary/aromatic N) is 1. The predicted octanol–water partition coefficient (Wildman–Crippen LogP) is -2.95. The Morgan fingerprint density at radius 2 is 1.76 bits per heavy atom. The molecule has 0 bridgehead atoms. The molecule has 2 nitrogen and oxygen atoms in total. The molecule has 2 rings (SSSR count). The fraction of sp³-hybridized carbons (Fsp3) is 0.500. The van der Waals surface area contributed by atoms with Gasteiger partial charge in [-0.3, -0.25) is 0 Å². The van der Waals surface area contributed by atoms with Crippen molar-refractivity contribution >= 4 is 21.8 Å². The van der Waals surface area contributed by atoms with Gasteiger partial charge in [-0.05, 0) is 24.6 Å². The number of fused-ring (bicyclic) bond motifs is 1. The van der Waals surface area contributed by atoms with E-state index >= 15 is 0 Å². The SMILES string of the molecule is CC(Cc1c[nH]c2ccc([S+](C)C)cc12)[N+](C)(C)C.[I-].[I-]. The number of hydrogen-bond donors (Lipinski definition) is 1. The maximum absolute atomic E-state index is 3.41. The van der Waals surface area contributed by atoms with Crippen molar-refractivity contribution in [3.63, 3.8) is 0 Å². The summed E-state index contributed by atoms with van der Waals surface area (Å²) in [7, 11) is 7.12. The van der Waals surface area contributed by atoms with Crippen molar-refractivity contribution in [2.75, 3.05) is 33.7 Å². The number of rotatable bonds is 4. The van der Waals surface area contributed by atoms with E-state index in [1.54, 1.807) is 0 Å². The molecule has 0 aliphatic heterocycles. The van der Waals surface area contributed by atoms with Crippen LogP contribution in [0.5, 0.6) is 0 Å². The summed E-state index contributed by atoms with van der Waals surface area (Å²) in [5.74, 6) is 0. The van der Waals surface area contributed by atoms with Crippen LogP contribution in [0.1, 0.15) is 12.5 Å². The lowest BCUT2D eigenvalue weighted by Gasteiger charge is -2.31. The summed E-state index contributed by atoms with van der Waals surface area (Å²) in [6.07, 6.45) is 7.86. The summed E-state index contributed by atoms with van der Waals surface area (Å²) >= 11 is 0. The molecule has 2 aromatic rings. The van der Waals surface area contributed by atoms with Gasteiger partial charge in [0.05, 0.1) is 27.2 Å². The van der Waals surface area contributed by atoms with Gasteiger partial charge in [0.25, 0.3) is 0 Å². The standard InChI is InChI=1S/C16H26N2S.2HI/c1-12(18(2,3)4)9-13-11-17-16-8-7-14(19(5)6)10-15(13)16;;/h7-8,10-12,17H,9H2,1-6H3;2*1H/q+2;;/p-2. The van der Waals surface area contributed by atoms with Crippen molar-refractivity contribution in [2.24, 2.45) is 0 Å². The van der Waals surface area contributed by atoms with Crippen LogP contribution < -0.4 is 48.0 Å². The molecule has 0 fully saturated rings. The van der Waals surface area contributed by atoms with Gasteiger partial charge in [0.15, 0.2) is 4.90 Å². The number of likely N-dealkylation sites (N-methyl/N-ethyl adjacent to an activating group) is 1. The minimum Gasteiger partial charge on any atom is -1.00 e. The molecule has 0 saturated carbocycles. The molecule has 1 aromatic carbocycles. The first-order valence-corrected chi connectivity index (χ1v) is 8.82. The van der Waals surface area contributed by atoms with Gasteiger partial charge in [-0.2, -0.15) is 0 Å². The van der Waals surface area contributed by atoms with E-state index in [4.69, 9.17) is 0 Å². The fourth-order valence-electron chi connectivity index (χ4n) is 2.17. The molecule has 1 N–H and O–H groups in total. The second kappa shape index (κ2) is 8.40. The van der Waals surface area contributed by atoms with Crippen LogP contribution in [-0.4, -0.2) is 49.2 Å². The van der Waals surface area contributed by atoms with Gasteiger partial charge in [-0.15, -0.1) is 0 Å². The molecular formula is C16H26I2N2S. The number of nitrogens with one attached hydrogen (secondary N) is 1. The van der Waals surface area contributed by atoms with Crippen LogP contribution in [0.25, 0.3) is 10.9 Å². The molecular weight excluding hydrogens is 506 g/mol. The van der Waals surface area contributed by atoms with E-state index in [2.05, 4.69) is 70.0 Å². The minimum absolute atomic E-state index is 0. The van der Waals surface area contributed by atoms with Gasteiger partial charge in [-0.1, -0.05) is 0 Å². The topological polar surface area (TPSA) is 15.8 Å². The van der Waals surface area contributed by atoms with Crippen molar-refractivity contribution in [3.05, 3.63) is 30.0 Å². The Balaban J connectivity index is 0.00000200. The van der Waals surface area contributed by atoms with E-state index in [0.717, 1.165) is 10.9 Å². The lowest BCUT2D eigenvalue weighted by atomic mass is 10.0. The minimum atomic E-state index is 0. The Labute approximate surface area is 166 Å². The summed E-state index contributed by atoms with van der Waals surface area (Å²) in [4.78, 5) is 4.86. The van der Waals surface area contributed by atoms with E-state index in [9.17, 15) is 0 Å². The second-order valence-electron chi connectivity index (χ2n) is 6.51. The van der Waals surface area contributed by atoms with Crippen LogP contribution in [0, 0.1) is 0 Å². The van der Waals surface area contributed by atoms with Gasteiger partial charge in [0.1, 0.15) is 12.5 Å². The number of quaternary nitrogens is 1. The van der Waals surface area contributed by atoms with E-state index < -0.39 is 0 Å². The smallest absolute Gasteiger partial charge is 0.155 e. The highest BCUT2D eigenvalue weighted by Crippen LogP contribution is 2.24. The molecule has 1 heterocycles. The average molecular weight is 532 g/mol. The van der Waals surface area contributed by atoms with Gasteiger partial charge in [0, 0.05) is 40.5 Å². The zero-order valence-corrected chi connectivity index (χ0v) is 18.8. The summed E-state index contributed by atoms with van der Waals surface area (Å²) in [6, 6.07) is 7.45. The summed E-state index contributed by atoms with van der Waals surface area (Å²) in [5.41, 5.74) is 2.71. The van der Waals surface area contributed by atoms with Crippen molar-refractivity contribution in [2.45, 2.75) is 24.3 Å². The summed E-state index contributed by atoms with van der Waals surface area (Å²) < 4.78 is 0.998. The Morgan fingerprint density at radius 1 is 1.14 bits per heavy atom. The van der Waals surface area contributed by atoms with Crippen LogP contribution in [-0.2, 0) is 17.3 Å². The monoisotopic (exact) mass is 532 g/mol. The van der Waals surface area contributed by atoms with Crippen LogP contribution >= 0.6 is 0 Å². The van der Waals surface area contributed by atoms with Crippen LogP contribution in [0.15, 0.2) is 29.3 Å². The van der Waals surface area contributed by atoms with E-state index in [1.165, 1.54) is 21.4 Å². The summed E-state index contributed by atoms with van der Waals surface area (Å²) in [6.45, 7) is 2.33. The molecule has 1 unspecified atom stereocenters. The highest BCUT2D eigenvalue weighted by Gasteiger charge is 2.20. The van der Waals surface area contributed by atoms with Crippen LogP contribution in [0.3, 0.4) is 0 Å². The summed E-state index contributed by atoms with van der Waals surface area (Å²) in [5, 5.41) is 1.40. The number of aromatic amines is 1. The van der Waals surface area contributed by atoms with E-state index in [1.807, 2.05) is 0 Å². The van der Waals surface area contributed by atoms with E-state index in [-0.39, 0.29) is 48.0 Å². The normalized spacial score (nSPS) is 12.9. The van der Waals surface area contributed by atoms with Gasteiger partial charge < -0.3 is 57.4 Å². The third-order valence-electron chi connectivity index (χ3n) is 4.05. The molecule has 0 aliphatic carbocycles. The molecule has 0 aliphatic rings. The van der Waals surface area contributed by atoms with Crippen molar-refractivity contribution in [1.82, 2.24) is 4.98 Å². The Bertz CT molecular complexity index is 573. The zero-order valence-electron chi connectivity index (χ0n) is 13.7. The number of halogens is 2. The lowest BCUT2D eigenvalue weighted by molar-refractivity contribution is -0.893. The number of hydrogen-bond acceptors (Lipinski definition) is 0. The third kappa shape index (κ3) is 5.28. The number of benzene rings is 1. The van der Waals surface area contributed by atoms with Crippen LogP contribution in [0.4, 0.5) is 0 Å². The van der Waals surface area contributed by atoms with Crippen molar-refractivity contribution < 1.29 is 52.4 Å². The quantitative estimate of drug-likeness (QED) is 0.247. The second-order valence-corrected chi connectivity index (χ2v) is 8.61. The fourth-order valence-corrected chi connectivity index (χ4v) is 2.87. The lowest BCUT2D eigenvalue weighted by Crippen LogP contribution is -3.00. The molecule has 0 spiro atoms. The third-order valence-corrected chi connectivity index (χ3v) is 5.24. The highest BCUT2D eigenvalue weighted by atomic mass is 127.